The summed E-state index contributed by atoms with van der Waals surface area (Å²) in [5.41, 5.74) is 0.111. The normalized spacial score (nSPS) is 10.4. The third-order valence-corrected chi connectivity index (χ3v) is 2.24. The Morgan fingerprint density at radius 1 is 1.36 bits per heavy atom. The molecule has 0 unspecified atom stereocenters. The molecule has 0 radical (unpaired) electrons. The second-order valence-corrected chi connectivity index (χ2v) is 3.45. The van der Waals surface area contributed by atoms with E-state index in [2.05, 4.69) is 10.1 Å². The first-order valence-electron chi connectivity index (χ1n) is 3.76. The minimum atomic E-state index is -0.353. The Labute approximate surface area is 89.1 Å². The Bertz CT molecular complexity index is 517. The molecular formula is C8H5Cl2N3O. The van der Waals surface area contributed by atoms with Gasteiger partial charge in [-0.1, -0.05) is 23.2 Å². The lowest BCUT2D eigenvalue weighted by atomic mass is 10.3. The van der Waals surface area contributed by atoms with E-state index in [0.717, 1.165) is 4.68 Å². The number of aromatic amines is 1. The van der Waals surface area contributed by atoms with Crippen LogP contribution in [0.5, 0.6) is 0 Å². The fourth-order valence-electron chi connectivity index (χ4n) is 1.08. The molecule has 0 aliphatic carbocycles. The topological polar surface area (TPSA) is 50.7 Å². The highest BCUT2D eigenvalue weighted by Crippen LogP contribution is 2.22. The lowest BCUT2D eigenvalue weighted by Crippen LogP contribution is -2.16. The summed E-state index contributed by atoms with van der Waals surface area (Å²) < 4.78 is 1.15. The average Bonchev–Trinajstić information content (AvgIpc) is 2.56. The summed E-state index contributed by atoms with van der Waals surface area (Å²) in [5, 5.41) is 4.71. The summed E-state index contributed by atoms with van der Waals surface area (Å²) in [5.74, 6) is 0. The van der Waals surface area contributed by atoms with Crippen molar-refractivity contribution in [2.45, 2.75) is 0 Å². The number of nitrogens with zero attached hydrogens (tertiary/aromatic N) is 2. The lowest BCUT2D eigenvalue weighted by Gasteiger charge is -2.02. The smallest absolute Gasteiger partial charge is 0.295 e. The van der Waals surface area contributed by atoms with Crippen molar-refractivity contribution < 1.29 is 0 Å². The molecule has 0 fully saturated rings. The van der Waals surface area contributed by atoms with Crippen molar-refractivity contribution in [3.05, 3.63) is 45.1 Å². The van der Waals surface area contributed by atoms with Crippen LogP contribution in [-0.2, 0) is 0 Å². The maximum absolute atomic E-state index is 11.2. The van der Waals surface area contributed by atoms with E-state index in [1.54, 1.807) is 18.2 Å². The van der Waals surface area contributed by atoms with Crippen molar-refractivity contribution in [3.63, 3.8) is 0 Å². The highest BCUT2D eigenvalue weighted by molar-refractivity contribution is 6.34. The standard InChI is InChI=1S/C8H5Cl2N3O/c9-5-1-2-6(10)7(3-5)13-8(14)11-4-12-13/h1-4H,(H,11,12,14). The molecule has 1 N–H and O–H groups in total. The van der Waals surface area contributed by atoms with E-state index in [0.29, 0.717) is 15.7 Å². The third kappa shape index (κ3) is 1.54. The molecule has 0 saturated carbocycles. The average molecular weight is 230 g/mol. The molecule has 0 atom stereocenters. The van der Waals surface area contributed by atoms with E-state index in [1.165, 1.54) is 6.33 Å². The first kappa shape index (κ1) is 9.30. The summed E-state index contributed by atoms with van der Waals surface area (Å²) in [6, 6.07) is 4.83. The molecule has 1 aromatic heterocycles. The molecule has 0 saturated heterocycles. The summed E-state index contributed by atoms with van der Waals surface area (Å²) in [6.45, 7) is 0. The van der Waals surface area contributed by atoms with Gasteiger partial charge in [0.25, 0.3) is 0 Å². The van der Waals surface area contributed by atoms with Gasteiger partial charge >= 0.3 is 5.69 Å². The van der Waals surface area contributed by atoms with Gasteiger partial charge in [-0.05, 0) is 18.2 Å². The zero-order valence-electron chi connectivity index (χ0n) is 6.87. The van der Waals surface area contributed by atoms with Crippen LogP contribution in [0.2, 0.25) is 10.0 Å². The zero-order chi connectivity index (χ0) is 10.1. The van der Waals surface area contributed by atoms with Gasteiger partial charge in [0.05, 0.1) is 10.7 Å². The van der Waals surface area contributed by atoms with Gasteiger partial charge in [-0.25, -0.2) is 4.79 Å². The monoisotopic (exact) mass is 229 g/mol. The number of aromatic nitrogens is 3. The molecule has 1 heterocycles. The van der Waals surface area contributed by atoms with Crippen molar-refractivity contribution in [2.24, 2.45) is 0 Å². The van der Waals surface area contributed by atoms with E-state index >= 15 is 0 Å². The molecule has 0 aliphatic rings. The van der Waals surface area contributed by atoms with Crippen LogP contribution >= 0.6 is 23.2 Å². The van der Waals surface area contributed by atoms with Crippen LogP contribution in [0.25, 0.3) is 5.69 Å². The minimum absolute atomic E-state index is 0.353. The highest BCUT2D eigenvalue weighted by atomic mass is 35.5. The maximum atomic E-state index is 11.2. The number of benzene rings is 1. The lowest BCUT2D eigenvalue weighted by molar-refractivity contribution is 0.843. The minimum Gasteiger partial charge on any atom is -0.295 e. The van der Waals surface area contributed by atoms with Crippen LogP contribution in [0.4, 0.5) is 0 Å². The summed E-state index contributed by atoms with van der Waals surface area (Å²) in [4.78, 5) is 13.6. The molecule has 1 aromatic carbocycles. The second kappa shape index (κ2) is 3.48. The largest absolute Gasteiger partial charge is 0.347 e. The van der Waals surface area contributed by atoms with Crippen LogP contribution in [0, 0.1) is 0 Å². The van der Waals surface area contributed by atoms with Crippen molar-refractivity contribution in [2.75, 3.05) is 0 Å². The van der Waals surface area contributed by atoms with Gasteiger partial charge in [-0.2, -0.15) is 9.78 Å². The van der Waals surface area contributed by atoms with Gasteiger partial charge in [0.15, 0.2) is 0 Å². The van der Waals surface area contributed by atoms with Gasteiger partial charge < -0.3 is 0 Å². The number of rotatable bonds is 1. The molecule has 0 bridgehead atoms. The molecule has 6 heteroatoms. The van der Waals surface area contributed by atoms with Gasteiger partial charge in [0, 0.05) is 5.02 Å². The number of nitrogens with one attached hydrogen (secondary N) is 1. The Hall–Kier alpha value is -1.26. The van der Waals surface area contributed by atoms with Crippen LogP contribution in [0.3, 0.4) is 0 Å². The predicted molar refractivity (Wildman–Crippen MR) is 54.2 cm³/mol. The van der Waals surface area contributed by atoms with Crippen molar-refractivity contribution >= 4 is 23.2 Å². The molecule has 2 aromatic rings. The number of H-pyrrole nitrogens is 1. The molecular weight excluding hydrogens is 225 g/mol. The fraction of sp³-hybridized carbons (Fsp3) is 0. The third-order valence-electron chi connectivity index (χ3n) is 1.69. The molecule has 0 spiro atoms. The molecule has 0 amide bonds. The SMILES string of the molecule is O=c1[nH]cnn1-c1cc(Cl)ccc1Cl. The van der Waals surface area contributed by atoms with Gasteiger partial charge in [-0.3, -0.25) is 4.98 Å². The fourth-order valence-corrected chi connectivity index (χ4v) is 1.44. The van der Waals surface area contributed by atoms with E-state index in [1.807, 2.05) is 0 Å². The quantitative estimate of drug-likeness (QED) is 0.812. The Kier molecular flexibility index (Phi) is 2.31. The van der Waals surface area contributed by atoms with E-state index in [-0.39, 0.29) is 5.69 Å². The second-order valence-electron chi connectivity index (χ2n) is 2.60. The van der Waals surface area contributed by atoms with Crippen molar-refractivity contribution in [3.8, 4) is 5.69 Å². The number of halogens is 2. The van der Waals surface area contributed by atoms with E-state index < -0.39 is 0 Å². The van der Waals surface area contributed by atoms with Gasteiger partial charge in [-0.15, -0.1) is 0 Å². The van der Waals surface area contributed by atoms with Crippen LogP contribution in [0.1, 0.15) is 0 Å². The Morgan fingerprint density at radius 2 is 2.14 bits per heavy atom. The summed E-state index contributed by atoms with van der Waals surface area (Å²) in [6.07, 6.45) is 1.29. The Balaban J connectivity index is 2.68. The van der Waals surface area contributed by atoms with Crippen LogP contribution in [0.15, 0.2) is 29.3 Å². The van der Waals surface area contributed by atoms with Gasteiger partial charge in [0.1, 0.15) is 6.33 Å². The van der Waals surface area contributed by atoms with Crippen LogP contribution < -0.4 is 5.69 Å². The predicted octanol–water partition coefficient (Wildman–Crippen LogP) is 1.87. The maximum Gasteiger partial charge on any atom is 0.347 e. The summed E-state index contributed by atoms with van der Waals surface area (Å²) >= 11 is 11.7. The molecule has 2 rings (SSSR count). The van der Waals surface area contributed by atoms with Gasteiger partial charge in [0.2, 0.25) is 0 Å². The highest BCUT2D eigenvalue weighted by Gasteiger charge is 2.06. The van der Waals surface area contributed by atoms with E-state index in [4.69, 9.17) is 23.2 Å². The number of hydrogen-bond donors (Lipinski definition) is 1. The summed E-state index contributed by atoms with van der Waals surface area (Å²) in [7, 11) is 0. The number of hydrogen-bond acceptors (Lipinski definition) is 2. The van der Waals surface area contributed by atoms with Crippen molar-refractivity contribution in [1.82, 2.24) is 14.8 Å². The molecule has 72 valence electrons. The first-order valence-corrected chi connectivity index (χ1v) is 4.52. The first-order chi connectivity index (χ1) is 6.68. The van der Waals surface area contributed by atoms with Crippen molar-refractivity contribution in [1.29, 1.82) is 0 Å². The molecule has 0 aliphatic heterocycles. The van der Waals surface area contributed by atoms with Crippen LogP contribution in [-0.4, -0.2) is 14.8 Å². The Morgan fingerprint density at radius 3 is 2.79 bits per heavy atom. The molecule has 14 heavy (non-hydrogen) atoms. The van der Waals surface area contributed by atoms with E-state index in [9.17, 15) is 4.79 Å². The zero-order valence-corrected chi connectivity index (χ0v) is 8.38. The molecule has 4 nitrogen and oxygen atoms in total.